The van der Waals surface area contributed by atoms with Crippen LogP contribution in [-0.4, -0.2) is 32.5 Å². The number of carbonyl (C=O) groups excluding carboxylic acids is 1. The second-order valence-electron chi connectivity index (χ2n) is 7.71. The molecular formula is C24H25N3O5S. The standard InChI is InChI=1S/C24H25N3O5S/c1-31-22-11-8-19(16-23(22)32-20-4-2-3-5-20)26-24(28)17-6-9-21(10-7-17)33(29,30)27-18-12-14-25-15-13-18/h6-16,20H,2-5H2,1H3,(H,25,27)(H,26,28). The number of sulfonamides is 1. The monoisotopic (exact) mass is 467 g/mol. The minimum Gasteiger partial charge on any atom is -0.493 e. The lowest BCUT2D eigenvalue weighted by Gasteiger charge is -2.17. The van der Waals surface area contributed by atoms with Crippen molar-refractivity contribution in [3.05, 3.63) is 72.6 Å². The summed E-state index contributed by atoms with van der Waals surface area (Å²) in [5, 5.41) is 2.83. The lowest BCUT2D eigenvalue weighted by Crippen LogP contribution is -2.15. The van der Waals surface area contributed by atoms with E-state index in [1.54, 1.807) is 37.4 Å². The molecule has 0 atom stereocenters. The normalized spacial score (nSPS) is 14.0. The van der Waals surface area contributed by atoms with Crippen LogP contribution in [0.15, 0.2) is 71.9 Å². The molecule has 0 saturated heterocycles. The minimum atomic E-state index is -3.78. The zero-order chi connectivity index (χ0) is 23.3. The third-order valence-electron chi connectivity index (χ3n) is 5.38. The number of methoxy groups -OCH3 is 1. The molecule has 4 rings (SSSR count). The molecule has 0 bridgehead atoms. The first-order chi connectivity index (χ1) is 15.9. The van der Waals surface area contributed by atoms with Crippen LogP contribution in [0.1, 0.15) is 36.0 Å². The molecule has 2 aromatic carbocycles. The Bertz CT molecular complexity index is 1210. The fraction of sp³-hybridized carbons (Fsp3) is 0.250. The highest BCUT2D eigenvalue weighted by atomic mass is 32.2. The van der Waals surface area contributed by atoms with Gasteiger partial charge in [0.25, 0.3) is 15.9 Å². The Morgan fingerprint density at radius 3 is 2.30 bits per heavy atom. The predicted octanol–water partition coefficient (Wildman–Crippen LogP) is 4.46. The topological polar surface area (TPSA) is 107 Å². The van der Waals surface area contributed by atoms with Crippen LogP contribution < -0.4 is 19.5 Å². The molecule has 172 valence electrons. The van der Waals surface area contributed by atoms with E-state index in [0.29, 0.717) is 28.4 Å². The zero-order valence-corrected chi connectivity index (χ0v) is 19.0. The van der Waals surface area contributed by atoms with Gasteiger partial charge in [0.1, 0.15) is 0 Å². The van der Waals surface area contributed by atoms with Gasteiger partial charge in [-0.15, -0.1) is 0 Å². The predicted molar refractivity (Wildman–Crippen MR) is 125 cm³/mol. The smallest absolute Gasteiger partial charge is 0.261 e. The maximum Gasteiger partial charge on any atom is 0.261 e. The van der Waals surface area contributed by atoms with Gasteiger partial charge in [0.05, 0.1) is 23.8 Å². The quantitative estimate of drug-likeness (QED) is 0.506. The third-order valence-corrected chi connectivity index (χ3v) is 6.77. The van der Waals surface area contributed by atoms with E-state index in [-0.39, 0.29) is 16.9 Å². The third kappa shape index (κ3) is 5.61. The summed E-state index contributed by atoms with van der Waals surface area (Å²) in [6.45, 7) is 0. The molecule has 1 amide bonds. The van der Waals surface area contributed by atoms with Gasteiger partial charge >= 0.3 is 0 Å². The van der Waals surface area contributed by atoms with E-state index < -0.39 is 10.0 Å². The molecule has 2 N–H and O–H groups in total. The van der Waals surface area contributed by atoms with E-state index in [1.165, 1.54) is 36.7 Å². The van der Waals surface area contributed by atoms with Crippen LogP contribution in [0, 0.1) is 0 Å². The highest BCUT2D eigenvalue weighted by Crippen LogP contribution is 2.34. The number of ether oxygens (including phenoxy) is 2. The fourth-order valence-corrected chi connectivity index (χ4v) is 4.71. The first-order valence-electron chi connectivity index (χ1n) is 10.6. The van der Waals surface area contributed by atoms with E-state index in [1.807, 2.05) is 0 Å². The average Bonchev–Trinajstić information content (AvgIpc) is 3.33. The highest BCUT2D eigenvalue weighted by molar-refractivity contribution is 7.92. The average molecular weight is 468 g/mol. The molecule has 1 heterocycles. The number of nitrogens with one attached hydrogen (secondary N) is 2. The number of anilines is 2. The van der Waals surface area contributed by atoms with Gasteiger partial charge in [-0.2, -0.15) is 0 Å². The summed E-state index contributed by atoms with van der Waals surface area (Å²) in [6.07, 6.45) is 7.44. The van der Waals surface area contributed by atoms with Crippen LogP contribution in [0.25, 0.3) is 0 Å². The first kappa shape index (κ1) is 22.6. The zero-order valence-electron chi connectivity index (χ0n) is 18.2. The molecule has 0 radical (unpaired) electrons. The van der Waals surface area contributed by atoms with Gasteiger partial charge in [-0.25, -0.2) is 8.42 Å². The largest absolute Gasteiger partial charge is 0.493 e. The fourth-order valence-electron chi connectivity index (χ4n) is 3.66. The van der Waals surface area contributed by atoms with Gasteiger partial charge in [0.15, 0.2) is 11.5 Å². The summed E-state index contributed by atoms with van der Waals surface area (Å²) in [5.74, 6) is 0.833. The molecule has 1 aliphatic carbocycles. The minimum absolute atomic E-state index is 0.0487. The lowest BCUT2D eigenvalue weighted by molar-refractivity contribution is 0.102. The van der Waals surface area contributed by atoms with Gasteiger partial charge in [0, 0.05) is 29.7 Å². The number of hydrogen-bond acceptors (Lipinski definition) is 6. The van der Waals surface area contributed by atoms with E-state index in [9.17, 15) is 13.2 Å². The molecule has 33 heavy (non-hydrogen) atoms. The summed E-state index contributed by atoms with van der Waals surface area (Å²) >= 11 is 0. The summed E-state index contributed by atoms with van der Waals surface area (Å²) in [6, 6.07) is 14.0. The van der Waals surface area contributed by atoms with E-state index in [4.69, 9.17) is 9.47 Å². The molecule has 0 aliphatic heterocycles. The van der Waals surface area contributed by atoms with Crippen LogP contribution in [0.3, 0.4) is 0 Å². The van der Waals surface area contributed by atoms with Crippen molar-refractivity contribution in [3.8, 4) is 11.5 Å². The van der Waals surface area contributed by atoms with Gasteiger partial charge in [-0.05, 0) is 74.2 Å². The number of aromatic nitrogens is 1. The van der Waals surface area contributed by atoms with Gasteiger partial charge in [0.2, 0.25) is 0 Å². The number of pyridine rings is 1. The Hall–Kier alpha value is -3.59. The van der Waals surface area contributed by atoms with Crippen molar-refractivity contribution in [2.45, 2.75) is 36.7 Å². The number of carbonyl (C=O) groups is 1. The molecule has 0 spiro atoms. The van der Waals surface area contributed by atoms with Crippen molar-refractivity contribution in [3.63, 3.8) is 0 Å². The second kappa shape index (κ2) is 9.91. The molecule has 1 fully saturated rings. The SMILES string of the molecule is COc1ccc(NC(=O)c2ccc(S(=O)(=O)Nc3ccncc3)cc2)cc1OC1CCCC1. The van der Waals surface area contributed by atoms with Crippen molar-refractivity contribution in [2.75, 3.05) is 17.1 Å². The van der Waals surface area contributed by atoms with Crippen molar-refractivity contribution in [2.24, 2.45) is 0 Å². The van der Waals surface area contributed by atoms with Gasteiger partial charge < -0.3 is 14.8 Å². The summed E-state index contributed by atoms with van der Waals surface area (Å²) < 4.78 is 39.0. The number of rotatable bonds is 8. The van der Waals surface area contributed by atoms with Crippen LogP contribution in [-0.2, 0) is 10.0 Å². The number of amides is 1. The Kier molecular flexibility index (Phi) is 6.79. The van der Waals surface area contributed by atoms with Crippen molar-refractivity contribution >= 4 is 27.3 Å². The number of hydrogen-bond donors (Lipinski definition) is 2. The Labute approximate surface area is 193 Å². The molecule has 0 unspecified atom stereocenters. The number of nitrogens with zero attached hydrogens (tertiary/aromatic N) is 1. The summed E-state index contributed by atoms with van der Waals surface area (Å²) in [7, 11) is -2.20. The molecule has 8 nitrogen and oxygen atoms in total. The van der Waals surface area contributed by atoms with Crippen LogP contribution >= 0.6 is 0 Å². The lowest BCUT2D eigenvalue weighted by atomic mass is 10.2. The van der Waals surface area contributed by atoms with Crippen molar-refractivity contribution in [1.29, 1.82) is 0 Å². The maximum absolute atomic E-state index is 12.7. The van der Waals surface area contributed by atoms with E-state index in [0.717, 1.165) is 25.7 Å². The molecule has 1 aromatic heterocycles. The Morgan fingerprint density at radius 1 is 0.939 bits per heavy atom. The number of benzene rings is 2. The molecule has 1 saturated carbocycles. The Morgan fingerprint density at radius 2 is 1.64 bits per heavy atom. The molecule has 1 aliphatic rings. The molecule has 3 aromatic rings. The Balaban J connectivity index is 1.45. The van der Waals surface area contributed by atoms with Gasteiger partial charge in [-0.1, -0.05) is 0 Å². The van der Waals surface area contributed by atoms with E-state index in [2.05, 4.69) is 15.0 Å². The van der Waals surface area contributed by atoms with Crippen LogP contribution in [0.2, 0.25) is 0 Å². The second-order valence-corrected chi connectivity index (χ2v) is 9.39. The van der Waals surface area contributed by atoms with Crippen molar-refractivity contribution < 1.29 is 22.7 Å². The maximum atomic E-state index is 12.7. The van der Waals surface area contributed by atoms with Gasteiger partial charge in [-0.3, -0.25) is 14.5 Å². The van der Waals surface area contributed by atoms with Crippen LogP contribution in [0.5, 0.6) is 11.5 Å². The summed E-state index contributed by atoms with van der Waals surface area (Å²) in [4.78, 5) is 16.6. The van der Waals surface area contributed by atoms with E-state index >= 15 is 0 Å². The molecular weight excluding hydrogens is 442 g/mol. The van der Waals surface area contributed by atoms with Crippen LogP contribution in [0.4, 0.5) is 11.4 Å². The van der Waals surface area contributed by atoms with Crippen molar-refractivity contribution in [1.82, 2.24) is 4.98 Å². The summed E-state index contributed by atoms with van der Waals surface area (Å²) in [5.41, 5.74) is 1.29. The molecule has 9 heteroatoms. The first-order valence-corrected chi connectivity index (χ1v) is 12.1. The highest BCUT2D eigenvalue weighted by Gasteiger charge is 2.19.